The van der Waals surface area contributed by atoms with Gasteiger partial charge in [0.05, 0.1) is 6.10 Å². The summed E-state index contributed by atoms with van der Waals surface area (Å²) in [6.45, 7) is 1.97. The molecule has 1 atom stereocenters. The van der Waals surface area contributed by atoms with E-state index < -0.39 is 18.0 Å². The predicted molar refractivity (Wildman–Crippen MR) is 77.1 cm³/mol. The molecule has 21 heavy (non-hydrogen) atoms. The molecular weight excluding hydrogens is 273 g/mol. The first kappa shape index (κ1) is 14.9. The van der Waals surface area contributed by atoms with Crippen LogP contribution in [0, 0.1) is 5.82 Å². The van der Waals surface area contributed by atoms with Crippen LogP contribution in [0.2, 0.25) is 0 Å². The van der Waals surface area contributed by atoms with Crippen molar-refractivity contribution in [2.45, 2.75) is 19.6 Å². The first-order chi connectivity index (χ1) is 10.1. The molecule has 0 radical (unpaired) electrons. The average molecular weight is 289 g/mol. The molecule has 1 aromatic heterocycles. The fraction of sp³-hybridized carbons (Fsp3) is 0.200. The molecule has 1 aromatic carbocycles. The molecule has 5 nitrogen and oxygen atoms in total. The van der Waals surface area contributed by atoms with Crippen molar-refractivity contribution in [2.24, 2.45) is 0 Å². The Morgan fingerprint density at radius 2 is 2.05 bits per heavy atom. The van der Waals surface area contributed by atoms with E-state index in [0.717, 1.165) is 11.1 Å². The fourth-order valence-corrected chi connectivity index (χ4v) is 1.73. The molecule has 2 aromatic rings. The Hall–Kier alpha value is -2.47. The number of amides is 2. The number of urea groups is 1. The van der Waals surface area contributed by atoms with Crippen molar-refractivity contribution in [1.29, 1.82) is 0 Å². The quantitative estimate of drug-likeness (QED) is 0.810. The van der Waals surface area contributed by atoms with Crippen LogP contribution >= 0.6 is 0 Å². The topological polar surface area (TPSA) is 74.2 Å². The lowest BCUT2D eigenvalue weighted by Crippen LogP contribution is -2.29. The third-order valence-electron chi connectivity index (χ3n) is 2.91. The molecule has 6 heteroatoms. The van der Waals surface area contributed by atoms with E-state index in [2.05, 4.69) is 15.6 Å². The molecule has 0 saturated carbocycles. The molecular formula is C15H16FN3O2. The van der Waals surface area contributed by atoms with Crippen molar-refractivity contribution in [2.75, 3.05) is 5.32 Å². The third-order valence-corrected chi connectivity index (χ3v) is 2.91. The number of hydrogen-bond acceptors (Lipinski definition) is 3. The number of rotatable bonds is 4. The van der Waals surface area contributed by atoms with Crippen molar-refractivity contribution in [1.82, 2.24) is 10.3 Å². The molecule has 110 valence electrons. The van der Waals surface area contributed by atoms with Crippen molar-refractivity contribution in [3.63, 3.8) is 0 Å². The maximum Gasteiger partial charge on any atom is 0.320 e. The van der Waals surface area contributed by atoms with Gasteiger partial charge in [-0.15, -0.1) is 0 Å². The minimum Gasteiger partial charge on any atom is -0.389 e. The maximum absolute atomic E-state index is 13.3. The standard InChI is InChI=1S/C15H16FN3O2/c1-10(20)12-6-4-11(5-7-12)9-18-15(21)19-14-13(16)3-2-8-17-14/h2-8,10,20H,9H2,1H3,(H2,17,18,19,21). The summed E-state index contributed by atoms with van der Waals surface area (Å²) < 4.78 is 13.3. The normalized spacial score (nSPS) is 11.8. The Kier molecular flexibility index (Phi) is 4.84. The Labute approximate surface area is 121 Å². The van der Waals surface area contributed by atoms with Gasteiger partial charge < -0.3 is 10.4 Å². The molecule has 2 amide bonds. The first-order valence-corrected chi connectivity index (χ1v) is 6.48. The molecule has 1 heterocycles. The molecule has 2 rings (SSSR count). The number of aliphatic hydroxyl groups is 1. The third kappa shape index (κ3) is 4.25. The van der Waals surface area contributed by atoms with Gasteiger partial charge in [-0.25, -0.2) is 14.2 Å². The smallest absolute Gasteiger partial charge is 0.320 e. The van der Waals surface area contributed by atoms with Crippen LogP contribution in [0.4, 0.5) is 15.0 Å². The molecule has 0 saturated heterocycles. The molecule has 0 bridgehead atoms. The average Bonchev–Trinajstić information content (AvgIpc) is 2.48. The lowest BCUT2D eigenvalue weighted by Gasteiger charge is -2.09. The SMILES string of the molecule is CC(O)c1ccc(CNC(=O)Nc2ncccc2F)cc1. The highest BCUT2D eigenvalue weighted by Crippen LogP contribution is 2.12. The summed E-state index contributed by atoms with van der Waals surface area (Å²) in [5.41, 5.74) is 1.68. The van der Waals surface area contributed by atoms with E-state index in [-0.39, 0.29) is 5.82 Å². The number of nitrogens with zero attached hydrogens (tertiary/aromatic N) is 1. The van der Waals surface area contributed by atoms with Crippen molar-refractivity contribution < 1.29 is 14.3 Å². The number of aliphatic hydroxyl groups excluding tert-OH is 1. The van der Waals surface area contributed by atoms with Gasteiger partial charge in [0.15, 0.2) is 11.6 Å². The minimum absolute atomic E-state index is 0.112. The van der Waals surface area contributed by atoms with Gasteiger partial charge in [-0.1, -0.05) is 24.3 Å². The largest absolute Gasteiger partial charge is 0.389 e. The number of benzene rings is 1. The Balaban J connectivity index is 1.88. The van der Waals surface area contributed by atoms with Crippen LogP contribution in [0.15, 0.2) is 42.6 Å². The van der Waals surface area contributed by atoms with Gasteiger partial charge >= 0.3 is 6.03 Å². The predicted octanol–water partition coefficient (Wildman–Crippen LogP) is 2.60. The second kappa shape index (κ2) is 6.81. The van der Waals surface area contributed by atoms with Gasteiger partial charge in [-0.3, -0.25) is 5.32 Å². The molecule has 3 N–H and O–H groups in total. The number of carbonyl (C=O) groups is 1. The number of aromatic nitrogens is 1. The second-order valence-corrected chi connectivity index (χ2v) is 4.56. The Morgan fingerprint density at radius 1 is 1.33 bits per heavy atom. The number of nitrogens with one attached hydrogen (secondary N) is 2. The van der Waals surface area contributed by atoms with Gasteiger partial charge in [-0.05, 0) is 30.2 Å². The number of hydrogen-bond donors (Lipinski definition) is 3. The van der Waals surface area contributed by atoms with Gasteiger partial charge in [0, 0.05) is 12.7 Å². The highest BCUT2D eigenvalue weighted by atomic mass is 19.1. The van der Waals surface area contributed by atoms with E-state index in [0.29, 0.717) is 6.54 Å². The lowest BCUT2D eigenvalue weighted by atomic mass is 10.1. The first-order valence-electron chi connectivity index (χ1n) is 6.48. The van der Waals surface area contributed by atoms with E-state index in [1.165, 1.54) is 18.3 Å². The number of halogens is 1. The molecule has 0 aliphatic rings. The molecule has 0 spiro atoms. The highest BCUT2D eigenvalue weighted by molar-refractivity contribution is 5.88. The Bertz CT molecular complexity index is 615. The summed E-state index contributed by atoms with van der Waals surface area (Å²) in [4.78, 5) is 15.4. The molecule has 0 aliphatic carbocycles. The zero-order valence-corrected chi connectivity index (χ0v) is 11.5. The monoisotopic (exact) mass is 289 g/mol. The molecule has 0 fully saturated rings. The molecule has 0 aliphatic heterocycles. The summed E-state index contributed by atoms with van der Waals surface area (Å²) in [5, 5.41) is 14.3. The highest BCUT2D eigenvalue weighted by Gasteiger charge is 2.07. The zero-order chi connectivity index (χ0) is 15.2. The number of carbonyl (C=O) groups excluding carboxylic acids is 1. The van der Waals surface area contributed by atoms with Gasteiger partial charge in [0.1, 0.15) is 0 Å². The van der Waals surface area contributed by atoms with Crippen LogP contribution in [0.3, 0.4) is 0 Å². The zero-order valence-electron chi connectivity index (χ0n) is 11.5. The summed E-state index contributed by atoms with van der Waals surface area (Å²) in [6, 6.07) is 9.33. The number of pyridine rings is 1. The lowest BCUT2D eigenvalue weighted by molar-refractivity contribution is 0.199. The van der Waals surface area contributed by atoms with Crippen molar-refractivity contribution >= 4 is 11.8 Å². The van der Waals surface area contributed by atoms with Gasteiger partial charge in [-0.2, -0.15) is 0 Å². The van der Waals surface area contributed by atoms with Crippen LogP contribution in [-0.2, 0) is 6.54 Å². The van der Waals surface area contributed by atoms with Crippen LogP contribution in [0.5, 0.6) is 0 Å². The van der Waals surface area contributed by atoms with Crippen LogP contribution in [0.25, 0.3) is 0 Å². The molecule has 1 unspecified atom stereocenters. The van der Waals surface area contributed by atoms with Crippen LogP contribution < -0.4 is 10.6 Å². The van der Waals surface area contributed by atoms with Crippen molar-refractivity contribution in [3.05, 3.63) is 59.5 Å². The van der Waals surface area contributed by atoms with E-state index in [1.54, 1.807) is 19.1 Å². The second-order valence-electron chi connectivity index (χ2n) is 4.56. The van der Waals surface area contributed by atoms with Gasteiger partial charge in [0.2, 0.25) is 0 Å². The Morgan fingerprint density at radius 3 is 2.67 bits per heavy atom. The fourth-order valence-electron chi connectivity index (χ4n) is 1.73. The summed E-state index contributed by atoms with van der Waals surface area (Å²) in [6.07, 6.45) is 0.871. The minimum atomic E-state index is -0.589. The van der Waals surface area contributed by atoms with E-state index in [9.17, 15) is 14.3 Å². The van der Waals surface area contributed by atoms with Crippen molar-refractivity contribution in [3.8, 4) is 0 Å². The summed E-state index contributed by atoms with van der Waals surface area (Å²) >= 11 is 0. The van der Waals surface area contributed by atoms with E-state index >= 15 is 0 Å². The van der Waals surface area contributed by atoms with Crippen LogP contribution in [0.1, 0.15) is 24.2 Å². The van der Waals surface area contributed by atoms with E-state index in [1.807, 2.05) is 12.1 Å². The maximum atomic E-state index is 13.3. The van der Waals surface area contributed by atoms with E-state index in [4.69, 9.17) is 0 Å². The number of anilines is 1. The van der Waals surface area contributed by atoms with Crippen LogP contribution in [-0.4, -0.2) is 16.1 Å². The summed E-state index contributed by atoms with van der Waals surface area (Å²) in [7, 11) is 0. The van der Waals surface area contributed by atoms with Gasteiger partial charge in [0.25, 0.3) is 0 Å². The summed E-state index contributed by atoms with van der Waals surface area (Å²) in [5.74, 6) is -0.701.